The summed E-state index contributed by atoms with van der Waals surface area (Å²) in [6.07, 6.45) is 3.69. The number of primary amides is 1. The van der Waals surface area contributed by atoms with Gasteiger partial charge in [-0.25, -0.2) is 0 Å². The minimum Gasteiger partial charge on any atom is -0.487 e. The molecule has 0 aliphatic carbocycles. The number of carbonyl (C=O) groups excluding carboxylic acids is 2. The van der Waals surface area contributed by atoms with Gasteiger partial charge in [0.15, 0.2) is 17.6 Å². The second kappa shape index (κ2) is 7.38. The Bertz CT molecular complexity index is 916. The topological polar surface area (TPSA) is 104 Å². The normalized spacial score (nSPS) is 20.7. The first-order valence-corrected chi connectivity index (χ1v) is 9.10. The van der Waals surface area contributed by atoms with Gasteiger partial charge in [-0.05, 0) is 18.2 Å². The van der Waals surface area contributed by atoms with Gasteiger partial charge in [-0.2, -0.15) is 0 Å². The second-order valence-electron chi connectivity index (χ2n) is 6.86. The lowest BCUT2D eigenvalue weighted by Crippen LogP contribution is -2.28. The molecule has 2 atom stereocenters. The molecule has 2 N–H and O–H groups in total. The number of nitrogens with two attached hydrogens (primary N) is 1. The summed E-state index contributed by atoms with van der Waals surface area (Å²) in [5.41, 5.74) is 6.48. The molecular weight excluding hydrogens is 362 g/mol. The van der Waals surface area contributed by atoms with Gasteiger partial charge in [0, 0.05) is 31.6 Å². The maximum Gasteiger partial charge on any atom is 0.252 e. The molecule has 2 aromatic rings. The van der Waals surface area contributed by atoms with Crippen LogP contribution >= 0.6 is 0 Å². The van der Waals surface area contributed by atoms with Crippen molar-refractivity contribution < 1.29 is 23.8 Å². The van der Waals surface area contributed by atoms with Crippen molar-refractivity contribution in [2.45, 2.75) is 25.6 Å². The maximum atomic E-state index is 11.5. The molecule has 0 radical (unpaired) electrons. The summed E-state index contributed by atoms with van der Waals surface area (Å²) in [6, 6.07) is 6.90. The highest BCUT2D eigenvalue weighted by Crippen LogP contribution is 2.39. The molecule has 1 saturated heterocycles. The average Bonchev–Trinajstić information content (AvgIpc) is 3.16. The third-order valence-corrected chi connectivity index (χ3v) is 4.89. The predicted octanol–water partition coefficient (Wildman–Crippen LogP) is 1.69. The number of carbonyl (C=O) groups is 2. The number of fused-ring (bicyclic) bond motifs is 1. The van der Waals surface area contributed by atoms with Crippen LogP contribution in [0.1, 0.15) is 35.4 Å². The Labute approximate surface area is 162 Å². The summed E-state index contributed by atoms with van der Waals surface area (Å²) < 4.78 is 17.8. The van der Waals surface area contributed by atoms with Gasteiger partial charge in [0.25, 0.3) is 5.91 Å². The maximum absolute atomic E-state index is 11.5. The number of para-hydroxylation sites is 1. The van der Waals surface area contributed by atoms with Gasteiger partial charge in [-0.15, -0.1) is 0 Å². The van der Waals surface area contributed by atoms with Crippen molar-refractivity contribution in [2.24, 2.45) is 5.73 Å². The Hall–Kier alpha value is -3.29. The molecule has 1 aromatic heterocycles. The van der Waals surface area contributed by atoms with Gasteiger partial charge >= 0.3 is 0 Å². The number of benzene rings is 1. The van der Waals surface area contributed by atoms with Crippen molar-refractivity contribution in [3.63, 3.8) is 0 Å². The molecular formula is C20H21N3O5. The molecule has 8 heteroatoms. The van der Waals surface area contributed by atoms with Crippen LogP contribution in [0, 0.1) is 0 Å². The van der Waals surface area contributed by atoms with Crippen molar-refractivity contribution in [3.8, 4) is 17.2 Å². The Morgan fingerprint density at radius 1 is 1.32 bits per heavy atom. The smallest absolute Gasteiger partial charge is 0.252 e. The van der Waals surface area contributed by atoms with E-state index in [9.17, 15) is 9.59 Å². The van der Waals surface area contributed by atoms with Crippen LogP contribution in [-0.2, 0) is 4.79 Å². The van der Waals surface area contributed by atoms with E-state index in [-0.39, 0.29) is 24.7 Å². The van der Waals surface area contributed by atoms with Crippen molar-refractivity contribution in [1.82, 2.24) is 9.88 Å². The van der Waals surface area contributed by atoms with Gasteiger partial charge in [0.2, 0.25) is 5.91 Å². The number of pyridine rings is 1. The quantitative estimate of drug-likeness (QED) is 0.862. The number of ether oxygens (including phenoxy) is 3. The van der Waals surface area contributed by atoms with E-state index >= 15 is 0 Å². The molecule has 28 heavy (non-hydrogen) atoms. The van der Waals surface area contributed by atoms with Crippen molar-refractivity contribution >= 4 is 11.8 Å². The Balaban J connectivity index is 1.47. The number of nitrogens with zero attached hydrogens (tertiary/aromatic N) is 2. The summed E-state index contributed by atoms with van der Waals surface area (Å²) in [5, 5.41) is 0. The number of hydrogen-bond acceptors (Lipinski definition) is 6. The minimum absolute atomic E-state index is 0.0525. The number of hydrogen-bond donors (Lipinski definition) is 1. The largest absolute Gasteiger partial charge is 0.487 e. The lowest BCUT2D eigenvalue weighted by atomic mass is 10.1. The predicted molar refractivity (Wildman–Crippen MR) is 99.3 cm³/mol. The molecule has 2 aliphatic rings. The first-order chi connectivity index (χ1) is 13.5. The molecule has 0 bridgehead atoms. The monoisotopic (exact) mass is 383 g/mol. The summed E-state index contributed by atoms with van der Waals surface area (Å²) in [6.45, 7) is 3.06. The SMILES string of the molecule is CC(=O)N1CCC(Oc2cncc(C3COc4c(cccc4C(N)=O)O3)c2)C1. The zero-order chi connectivity index (χ0) is 19.7. The lowest BCUT2D eigenvalue weighted by Gasteiger charge is -2.27. The molecule has 146 valence electrons. The molecule has 0 spiro atoms. The van der Waals surface area contributed by atoms with Gasteiger partial charge in [-0.3, -0.25) is 14.6 Å². The van der Waals surface area contributed by atoms with Gasteiger partial charge in [0.1, 0.15) is 18.5 Å². The number of aromatic nitrogens is 1. The fraction of sp³-hybridized carbons (Fsp3) is 0.350. The molecule has 1 aromatic carbocycles. The van der Waals surface area contributed by atoms with Crippen LogP contribution in [0.15, 0.2) is 36.7 Å². The van der Waals surface area contributed by atoms with E-state index < -0.39 is 5.91 Å². The Kier molecular flexibility index (Phi) is 4.77. The minimum atomic E-state index is -0.563. The molecule has 2 amide bonds. The summed E-state index contributed by atoms with van der Waals surface area (Å²) >= 11 is 0. The third-order valence-electron chi connectivity index (χ3n) is 4.89. The van der Waals surface area contributed by atoms with E-state index in [0.717, 1.165) is 12.0 Å². The van der Waals surface area contributed by atoms with Gasteiger partial charge < -0.3 is 24.8 Å². The van der Waals surface area contributed by atoms with Crippen molar-refractivity contribution in [1.29, 1.82) is 0 Å². The molecule has 8 nitrogen and oxygen atoms in total. The standard InChI is InChI=1S/C20H21N3O5/c1-12(24)23-6-5-14(10-23)27-15-7-13(8-22-9-15)18-11-26-19-16(20(21)25)3-2-4-17(19)28-18/h2-4,7-9,14,18H,5-6,10-11H2,1H3,(H2,21,25). The average molecular weight is 383 g/mol. The van der Waals surface area contributed by atoms with Crippen LogP contribution < -0.4 is 19.9 Å². The fourth-order valence-electron chi connectivity index (χ4n) is 3.44. The van der Waals surface area contributed by atoms with Crippen LogP contribution in [0.4, 0.5) is 0 Å². The molecule has 2 aliphatic heterocycles. The Morgan fingerprint density at radius 3 is 2.93 bits per heavy atom. The second-order valence-corrected chi connectivity index (χ2v) is 6.86. The van der Waals surface area contributed by atoms with Gasteiger partial charge in [-0.1, -0.05) is 6.07 Å². The molecule has 2 unspecified atom stereocenters. The zero-order valence-electron chi connectivity index (χ0n) is 15.5. The highest BCUT2D eigenvalue weighted by Gasteiger charge is 2.28. The molecule has 1 fully saturated rings. The van der Waals surface area contributed by atoms with Crippen LogP contribution in [0.3, 0.4) is 0 Å². The van der Waals surface area contributed by atoms with E-state index in [1.165, 1.54) is 0 Å². The highest BCUT2D eigenvalue weighted by molar-refractivity contribution is 5.96. The van der Waals surface area contributed by atoms with Crippen molar-refractivity contribution in [3.05, 3.63) is 47.8 Å². The summed E-state index contributed by atoms with van der Waals surface area (Å²) in [7, 11) is 0. The van der Waals surface area contributed by atoms with Crippen LogP contribution in [-0.4, -0.2) is 47.5 Å². The summed E-state index contributed by atoms with van der Waals surface area (Å²) in [4.78, 5) is 29.0. The van der Waals surface area contributed by atoms with E-state index in [1.807, 2.05) is 6.07 Å². The van der Waals surface area contributed by atoms with E-state index in [1.54, 1.807) is 42.4 Å². The van der Waals surface area contributed by atoms with Crippen LogP contribution in [0.2, 0.25) is 0 Å². The van der Waals surface area contributed by atoms with Crippen LogP contribution in [0.25, 0.3) is 0 Å². The van der Waals surface area contributed by atoms with E-state index in [4.69, 9.17) is 19.9 Å². The molecule has 0 saturated carbocycles. The number of amides is 2. The van der Waals surface area contributed by atoms with E-state index in [0.29, 0.717) is 35.9 Å². The third kappa shape index (κ3) is 3.58. The molecule has 4 rings (SSSR count). The highest BCUT2D eigenvalue weighted by atomic mass is 16.6. The zero-order valence-corrected chi connectivity index (χ0v) is 15.5. The van der Waals surface area contributed by atoms with Crippen LogP contribution in [0.5, 0.6) is 17.2 Å². The first-order valence-electron chi connectivity index (χ1n) is 9.10. The number of likely N-dealkylation sites (tertiary alicyclic amines) is 1. The molecule has 3 heterocycles. The van der Waals surface area contributed by atoms with Gasteiger partial charge in [0.05, 0.1) is 18.3 Å². The lowest BCUT2D eigenvalue weighted by molar-refractivity contribution is -0.128. The fourth-order valence-corrected chi connectivity index (χ4v) is 3.44. The van der Waals surface area contributed by atoms with E-state index in [2.05, 4.69) is 4.98 Å². The first kappa shape index (κ1) is 18.1. The number of rotatable bonds is 4. The van der Waals surface area contributed by atoms with Crippen molar-refractivity contribution in [2.75, 3.05) is 19.7 Å². The summed E-state index contributed by atoms with van der Waals surface area (Å²) in [5.74, 6) is 0.939. The Morgan fingerprint density at radius 2 is 2.18 bits per heavy atom.